The molecule has 12 heteroatoms. The van der Waals surface area contributed by atoms with Crippen LogP contribution in [0.5, 0.6) is 5.75 Å². The van der Waals surface area contributed by atoms with E-state index in [0.717, 1.165) is 3.57 Å². The average molecular weight is 646 g/mol. The van der Waals surface area contributed by atoms with Gasteiger partial charge in [-0.25, -0.2) is 0 Å². The van der Waals surface area contributed by atoms with E-state index in [1.54, 1.807) is 57.3 Å². The fourth-order valence-electron chi connectivity index (χ4n) is 0.882. The second-order valence-corrected chi connectivity index (χ2v) is 8.24. The summed E-state index contributed by atoms with van der Waals surface area (Å²) < 4.78 is 65.8. The molecule has 0 spiro atoms. The summed E-state index contributed by atoms with van der Waals surface area (Å²) in [6.45, 7) is 0. The van der Waals surface area contributed by atoms with Gasteiger partial charge in [0, 0.05) is 16.5 Å². The molecule has 0 radical (unpaired) electrons. The van der Waals surface area contributed by atoms with Gasteiger partial charge < -0.3 is 9.84 Å². The second kappa shape index (κ2) is 6.67. The fourth-order valence-corrected chi connectivity index (χ4v) is 5.02. The van der Waals surface area contributed by atoms with Gasteiger partial charge in [-0.2, -0.15) is 21.6 Å². The van der Waals surface area contributed by atoms with Crippen LogP contribution in [0.15, 0.2) is 16.5 Å². The van der Waals surface area contributed by atoms with E-state index in [-0.39, 0.29) is 5.75 Å². The van der Waals surface area contributed by atoms with E-state index in [1.165, 1.54) is 0 Å². The molecule has 0 unspecified atom stereocenters. The smallest absolute Gasteiger partial charge is 0.518 e. The quantitative estimate of drug-likeness (QED) is 0.282. The van der Waals surface area contributed by atoms with Gasteiger partial charge in [-0.05, 0) is 79.9 Å². The minimum Gasteiger partial charge on any atom is -0.564 e. The van der Waals surface area contributed by atoms with Crippen LogP contribution in [0.25, 0.3) is 0 Å². The molecule has 0 N–H and O–H groups in total. The van der Waals surface area contributed by atoms with Crippen molar-refractivity contribution in [1.29, 1.82) is 0 Å². The van der Waals surface area contributed by atoms with E-state index in [2.05, 4.69) is 9.13 Å². The highest BCUT2D eigenvalue weighted by atomic mass is 127. The van der Waals surface area contributed by atoms with Crippen molar-refractivity contribution in [2.75, 3.05) is 0 Å². The van der Waals surface area contributed by atoms with Gasteiger partial charge in [-0.15, -0.1) is 4.40 Å². The first-order valence-electron chi connectivity index (χ1n) is 4.34. The van der Waals surface area contributed by atoms with E-state index in [1.807, 2.05) is 22.6 Å². The highest BCUT2D eigenvalue weighted by Gasteiger charge is 2.46. The van der Waals surface area contributed by atoms with Crippen LogP contribution in [0.3, 0.4) is 0 Å². The Kier molecular flexibility index (Phi) is 6.16. The van der Waals surface area contributed by atoms with Crippen molar-refractivity contribution < 1.29 is 31.4 Å². The van der Waals surface area contributed by atoms with E-state index in [9.17, 15) is 26.7 Å². The number of benzene rings is 1. The highest BCUT2D eigenvalue weighted by Crippen LogP contribution is 2.30. The summed E-state index contributed by atoms with van der Waals surface area (Å²) in [5.41, 5.74) is -5.64. The van der Waals surface area contributed by atoms with Crippen LogP contribution in [-0.4, -0.2) is 20.0 Å². The van der Waals surface area contributed by atoms with E-state index in [0.29, 0.717) is 7.14 Å². The number of rotatable bonds is 2. The summed E-state index contributed by atoms with van der Waals surface area (Å²) in [7, 11) is -5.91. The SMILES string of the molecule is O=S(=O)(/N=C(/[O-])Oc1c(I)cc(I)cc1I)C(F)(F)F. The van der Waals surface area contributed by atoms with Crippen LogP contribution < -0.4 is 9.84 Å². The first kappa shape index (κ1) is 18.5. The van der Waals surface area contributed by atoms with Crippen molar-refractivity contribution >= 4 is 83.9 Å². The van der Waals surface area contributed by atoms with E-state index in [4.69, 9.17) is 0 Å². The lowest BCUT2D eigenvalue weighted by Gasteiger charge is -2.18. The summed E-state index contributed by atoms with van der Waals surface area (Å²) in [4.78, 5) is 0. The van der Waals surface area contributed by atoms with Crippen molar-refractivity contribution in [1.82, 2.24) is 0 Å². The molecule has 1 rings (SSSR count). The molecule has 0 aliphatic carbocycles. The van der Waals surface area contributed by atoms with Crippen LogP contribution >= 0.6 is 67.8 Å². The molecule has 0 heterocycles. The van der Waals surface area contributed by atoms with Crippen molar-refractivity contribution in [3.8, 4) is 5.75 Å². The predicted molar refractivity (Wildman–Crippen MR) is 87.6 cm³/mol. The van der Waals surface area contributed by atoms with Gasteiger partial charge in [-0.3, -0.25) is 0 Å². The van der Waals surface area contributed by atoms with Crippen LogP contribution in [-0.2, 0) is 10.0 Å². The number of hydrogen-bond acceptors (Lipinski definition) is 4. The normalized spacial score (nSPS) is 13.4. The Morgan fingerprint density at radius 1 is 1.20 bits per heavy atom. The first-order chi connectivity index (χ1) is 8.94. The Balaban J connectivity index is 3.13. The summed E-state index contributed by atoms with van der Waals surface area (Å²) in [6.07, 6.45) is -1.85. The zero-order valence-electron chi connectivity index (χ0n) is 8.91. The van der Waals surface area contributed by atoms with Crippen molar-refractivity contribution in [3.63, 3.8) is 0 Å². The molecule has 0 saturated carbocycles. The number of nitrogens with zero attached hydrogens (tertiary/aromatic N) is 1. The number of alkyl halides is 3. The Bertz CT molecular complexity index is 636. The van der Waals surface area contributed by atoms with Crippen LogP contribution in [0, 0.1) is 10.7 Å². The van der Waals surface area contributed by atoms with Gasteiger partial charge >= 0.3 is 15.5 Å². The molecule has 20 heavy (non-hydrogen) atoms. The molecule has 0 amide bonds. The Labute approximate surface area is 152 Å². The molecule has 1 aromatic carbocycles. The van der Waals surface area contributed by atoms with Gasteiger partial charge in [0.25, 0.3) is 0 Å². The lowest BCUT2D eigenvalue weighted by atomic mass is 10.3. The maximum atomic E-state index is 12.1. The number of hydrogen-bond donors (Lipinski definition) is 0. The molecule has 0 bridgehead atoms. The molecule has 0 aliphatic heterocycles. The average Bonchev–Trinajstić information content (AvgIpc) is 2.20. The third-order valence-electron chi connectivity index (χ3n) is 1.64. The zero-order chi connectivity index (χ0) is 15.7. The van der Waals surface area contributed by atoms with Gasteiger partial charge in [0.1, 0.15) is 0 Å². The number of halogens is 6. The Morgan fingerprint density at radius 2 is 1.65 bits per heavy atom. The molecular formula is C8H2F3I3NO4S-. The molecule has 1 aromatic rings. The Hall–Kier alpha value is 0.420. The monoisotopic (exact) mass is 646 g/mol. The minimum atomic E-state index is -5.91. The molecule has 5 nitrogen and oxygen atoms in total. The zero-order valence-corrected chi connectivity index (χ0v) is 16.2. The second-order valence-electron chi connectivity index (χ2n) is 3.08. The fraction of sp³-hybridized carbons (Fsp3) is 0.125. The van der Waals surface area contributed by atoms with Gasteiger partial charge in [0.05, 0.1) is 0 Å². The van der Waals surface area contributed by atoms with Crippen molar-refractivity contribution in [2.24, 2.45) is 4.40 Å². The van der Waals surface area contributed by atoms with Crippen molar-refractivity contribution in [2.45, 2.75) is 5.51 Å². The summed E-state index contributed by atoms with van der Waals surface area (Å²) in [5, 5.41) is 11.2. The summed E-state index contributed by atoms with van der Waals surface area (Å²) in [6, 6.07) is 3.20. The highest BCUT2D eigenvalue weighted by molar-refractivity contribution is 14.1. The minimum absolute atomic E-state index is 0.0438. The first-order valence-corrected chi connectivity index (χ1v) is 9.02. The number of ether oxygens (including phenoxy) is 1. The predicted octanol–water partition coefficient (Wildman–Crippen LogP) is 2.45. The molecule has 112 valence electrons. The maximum absolute atomic E-state index is 12.1. The molecule has 0 saturated heterocycles. The lowest BCUT2D eigenvalue weighted by Crippen LogP contribution is -2.30. The van der Waals surface area contributed by atoms with Gasteiger partial charge in [0.2, 0.25) is 0 Å². The van der Waals surface area contributed by atoms with Crippen LogP contribution in [0.2, 0.25) is 0 Å². The maximum Gasteiger partial charge on any atom is 0.518 e. The van der Waals surface area contributed by atoms with Gasteiger partial charge in [-0.1, -0.05) is 0 Å². The molecular weight excluding hydrogens is 644 g/mol. The summed E-state index contributed by atoms with van der Waals surface area (Å²) in [5.74, 6) is -0.0438. The number of sulfonamides is 1. The van der Waals surface area contributed by atoms with Crippen LogP contribution in [0.1, 0.15) is 0 Å². The lowest BCUT2D eigenvalue weighted by molar-refractivity contribution is -0.239. The largest absolute Gasteiger partial charge is 0.564 e. The molecule has 0 aromatic heterocycles. The van der Waals surface area contributed by atoms with Crippen LogP contribution in [0.4, 0.5) is 13.2 Å². The van der Waals surface area contributed by atoms with E-state index < -0.39 is 21.6 Å². The third-order valence-corrected chi connectivity index (χ3v) is 4.84. The molecule has 0 fully saturated rings. The van der Waals surface area contributed by atoms with Crippen molar-refractivity contribution in [3.05, 3.63) is 22.8 Å². The summed E-state index contributed by atoms with van der Waals surface area (Å²) >= 11 is 5.59. The topological polar surface area (TPSA) is 78.8 Å². The molecule has 0 aliphatic rings. The molecule has 0 atom stereocenters. The standard InChI is InChI=1S/C8H3F3I3NO4S/c9-8(10,11)20(17,18)15-7(16)19-6-4(13)1-3(12)2-5(6)14/h1-2H,(H,15,16)/p-1. The van der Waals surface area contributed by atoms with E-state index >= 15 is 0 Å². The third kappa shape index (κ3) is 4.72. The van der Waals surface area contributed by atoms with Gasteiger partial charge in [0.15, 0.2) is 6.08 Å². The Morgan fingerprint density at radius 3 is 2.05 bits per heavy atom.